The molecule has 0 aliphatic heterocycles. The molecule has 0 bridgehead atoms. The van der Waals surface area contributed by atoms with Gasteiger partial charge < -0.3 is 0 Å². The van der Waals surface area contributed by atoms with E-state index in [4.69, 9.17) is 5.84 Å². The maximum absolute atomic E-state index is 14.1. The topological polar surface area (TPSA) is 38.0 Å². The van der Waals surface area contributed by atoms with Crippen LogP contribution in [0.15, 0.2) is 16.6 Å². The largest absolute Gasteiger partial charge is 0.271 e. The number of nitrogens with two attached hydrogens (primary N) is 1. The predicted molar refractivity (Wildman–Crippen MR) is 77.8 cm³/mol. The molecule has 0 heterocycles. The zero-order valence-electron chi connectivity index (χ0n) is 11.2. The third-order valence-corrected chi connectivity index (χ3v) is 5.58. The van der Waals surface area contributed by atoms with Crippen molar-refractivity contribution in [2.24, 2.45) is 23.6 Å². The molecule has 20 heavy (non-hydrogen) atoms. The van der Waals surface area contributed by atoms with Crippen LogP contribution in [0.4, 0.5) is 8.78 Å². The summed E-state index contributed by atoms with van der Waals surface area (Å²) >= 11 is 3.11. The Morgan fingerprint density at radius 1 is 1.25 bits per heavy atom. The normalized spacial score (nSPS) is 29.9. The maximum atomic E-state index is 14.1. The first-order chi connectivity index (χ1) is 9.63. The van der Waals surface area contributed by atoms with Crippen molar-refractivity contribution < 1.29 is 8.78 Å². The minimum absolute atomic E-state index is 0.0404. The molecule has 3 N–H and O–H groups in total. The van der Waals surface area contributed by atoms with Crippen molar-refractivity contribution in [1.29, 1.82) is 0 Å². The van der Waals surface area contributed by atoms with E-state index in [0.29, 0.717) is 28.6 Å². The van der Waals surface area contributed by atoms with Crippen molar-refractivity contribution in [3.8, 4) is 0 Å². The highest BCUT2D eigenvalue weighted by Crippen LogP contribution is 2.57. The first-order valence-corrected chi connectivity index (χ1v) is 8.01. The van der Waals surface area contributed by atoms with Gasteiger partial charge in [0.2, 0.25) is 0 Å². The van der Waals surface area contributed by atoms with Crippen molar-refractivity contribution in [1.82, 2.24) is 5.43 Å². The molecule has 0 spiro atoms. The van der Waals surface area contributed by atoms with Gasteiger partial charge in [0.1, 0.15) is 11.6 Å². The quantitative estimate of drug-likeness (QED) is 0.498. The van der Waals surface area contributed by atoms with Crippen LogP contribution in [-0.2, 0) is 6.42 Å². The van der Waals surface area contributed by atoms with Gasteiger partial charge in [0, 0.05) is 11.6 Å². The van der Waals surface area contributed by atoms with Crippen LogP contribution in [0, 0.1) is 29.4 Å². The molecule has 2 aliphatic carbocycles. The molecule has 5 heteroatoms. The molecule has 0 amide bonds. The summed E-state index contributed by atoms with van der Waals surface area (Å²) < 4.78 is 28.2. The van der Waals surface area contributed by atoms with E-state index in [0.717, 1.165) is 0 Å². The van der Waals surface area contributed by atoms with Crippen LogP contribution in [-0.4, -0.2) is 6.04 Å². The molecule has 2 aliphatic rings. The minimum Gasteiger partial charge on any atom is -0.271 e. The Kier molecular flexibility index (Phi) is 4.11. The summed E-state index contributed by atoms with van der Waals surface area (Å²) in [5.74, 6) is 6.52. The SMILES string of the molecule is NNC(Cc1c(F)ccc(Br)c1F)C1C2CCCCC21. The Labute approximate surface area is 126 Å². The van der Waals surface area contributed by atoms with Gasteiger partial charge in [0.05, 0.1) is 4.47 Å². The number of fused-ring (bicyclic) bond motifs is 1. The fraction of sp³-hybridized carbons (Fsp3) is 0.600. The standard InChI is InChI=1S/C15H19BrF2N2/c16-11-5-6-12(17)10(15(11)18)7-13(20-19)14-8-3-1-2-4-9(8)14/h5-6,8-9,13-14,20H,1-4,7,19H2. The molecule has 3 unspecified atom stereocenters. The molecule has 1 aromatic rings. The van der Waals surface area contributed by atoms with Crippen LogP contribution in [0.25, 0.3) is 0 Å². The maximum Gasteiger partial charge on any atom is 0.143 e. The second-order valence-electron chi connectivity index (χ2n) is 5.99. The van der Waals surface area contributed by atoms with Crippen LogP contribution in [0.5, 0.6) is 0 Å². The van der Waals surface area contributed by atoms with Crippen LogP contribution >= 0.6 is 15.9 Å². The third kappa shape index (κ3) is 2.51. The lowest BCUT2D eigenvalue weighted by Crippen LogP contribution is -2.39. The molecule has 2 fully saturated rings. The minimum atomic E-state index is -0.506. The molecule has 2 saturated carbocycles. The van der Waals surface area contributed by atoms with Gasteiger partial charge in [-0.25, -0.2) is 8.78 Å². The second-order valence-corrected chi connectivity index (χ2v) is 6.84. The third-order valence-electron chi connectivity index (χ3n) is 4.96. The number of nitrogens with one attached hydrogen (secondary N) is 1. The fourth-order valence-corrected chi connectivity index (χ4v) is 4.30. The van der Waals surface area contributed by atoms with Crippen molar-refractivity contribution in [2.45, 2.75) is 38.1 Å². The monoisotopic (exact) mass is 344 g/mol. The summed E-state index contributed by atoms with van der Waals surface area (Å²) in [6.45, 7) is 0. The number of benzene rings is 1. The predicted octanol–water partition coefficient (Wildman–Crippen LogP) is 3.54. The summed E-state index contributed by atoms with van der Waals surface area (Å²) in [6.07, 6.45) is 5.32. The fourth-order valence-electron chi connectivity index (χ4n) is 3.93. The Balaban J connectivity index is 1.77. The van der Waals surface area contributed by atoms with Crippen molar-refractivity contribution in [3.63, 3.8) is 0 Å². The Morgan fingerprint density at radius 3 is 2.50 bits per heavy atom. The Bertz CT molecular complexity index is 497. The van der Waals surface area contributed by atoms with Crippen molar-refractivity contribution in [2.75, 3.05) is 0 Å². The van der Waals surface area contributed by atoms with Crippen molar-refractivity contribution >= 4 is 15.9 Å². The van der Waals surface area contributed by atoms with E-state index >= 15 is 0 Å². The molecule has 110 valence electrons. The highest BCUT2D eigenvalue weighted by molar-refractivity contribution is 9.10. The zero-order valence-corrected chi connectivity index (χ0v) is 12.8. The Morgan fingerprint density at radius 2 is 1.90 bits per heavy atom. The van der Waals surface area contributed by atoms with Crippen LogP contribution < -0.4 is 11.3 Å². The first-order valence-electron chi connectivity index (χ1n) is 7.22. The van der Waals surface area contributed by atoms with Gasteiger partial charge in [-0.1, -0.05) is 12.8 Å². The van der Waals surface area contributed by atoms with Crippen LogP contribution in [0.2, 0.25) is 0 Å². The summed E-state index contributed by atoms with van der Waals surface area (Å²) in [7, 11) is 0. The Hall–Kier alpha value is -0.520. The second kappa shape index (κ2) is 5.70. The van der Waals surface area contributed by atoms with E-state index in [1.165, 1.54) is 37.8 Å². The van der Waals surface area contributed by atoms with E-state index in [1.54, 1.807) is 0 Å². The highest BCUT2D eigenvalue weighted by Gasteiger charge is 2.53. The number of hydrazine groups is 1. The molecule has 3 rings (SSSR count). The molecule has 0 aromatic heterocycles. The van der Waals surface area contributed by atoms with Gasteiger partial charge in [0.15, 0.2) is 0 Å². The van der Waals surface area contributed by atoms with Crippen LogP contribution in [0.1, 0.15) is 31.2 Å². The lowest BCUT2D eigenvalue weighted by Gasteiger charge is -2.17. The molecule has 0 radical (unpaired) electrons. The van der Waals surface area contributed by atoms with Gasteiger partial charge in [-0.3, -0.25) is 11.3 Å². The van der Waals surface area contributed by atoms with E-state index in [1.807, 2.05) is 0 Å². The van der Waals surface area contributed by atoms with E-state index < -0.39 is 11.6 Å². The van der Waals surface area contributed by atoms with E-state index in [9.17, 15) is 8.78 Å². The van der Waals surface area contributed by atoms with Crippen molar-refractivity contribution in [3.05, 3.63) is 33.8 Å². The molecule has 1 aromatic carbocycles. The summed E-state index contributed by atoms with van der Waals surface area (Å²) in [5, 5.41) is 0. The number of halogens is 3. The van der Waals surface area contributed by atoms with Gasteiger partial charge in [-0.2, -0.15) is 0 Å². The van der Waals surface area contributed by atoms with E-state index in [-0.39, 0.29) is 11.6 Å². The first kappa shape index (κ1) is 14.4. The highest BCUT2D eigenvalue weighted by atomic mass is 79.9. The van der Waals surface area contributed by atoms with Gasteiger partial charge >= 0.3 is 0 Å². The summed E-state index contributed by atoms with van der Waals surface area (Å²) in [5.41, 5.74) is 2.92. The number of hydrogen-bond acceptors (Lipinski definition) is 2. The molecule has 3 atom stereocenters. The lowest BCUT2D eigenvalue weighted by molar-refractivity contribution is 0.420. The van der Waals surface area contributed by atoms with Gasteiger partial charge in [-0.15, -0.1) is 0 Å². The summed E-state index contributed by atoms with van der Waals surface area (Å²) in [4.78, 5) is 0. The molecular formula is C15H19BrF2N2. The number of hydrogen-bond donors (Lipinski definition) is 2. The molecule has 2 nitrogen and oxygen atoms in total. The average Bonchev–Trinajstić information content (AvgIpc) is 3.18. The van der Waals surface area contributed by atoms with Crippen LogP contribution in [0.3, 0.4) is 0 Å². The summed E-state index contributed by atoms with van der Waals surface area (Å²) in [6, 6.07) is 2.66. The van der Waals surface area contributed by atoms with E-state index in [2.05, 4.69) is 21.4 Å². The molecular weight excluding hydrogens is 326 g/mol. The average molecular weight is 345 g/mol. The zero-order chi connectivity index (χ0) is 14.3. The number of rotatable bonds is 4. The smallest absolute Gasteiger partial charge is 0.143 e. The van der Waals surface area contributed by atoms with Gasteiger partial charge in [0.25, 0.3) is 0 Å². The lowest BCUT2D eigenvalue weighted by atomic mass is 9.99. The molecule has 0 saturated heterocycles. The van der Waals surface area contributed by atoms with Gasteiger partial charge in [-0.05, 0) is 65.1 Å².